The molecule has 1 aliphatic rings. The van der Waals surface area contributed by atoms with Gasteiger partial charge in [-0.3, -0.25) is 14.8 Å². The number of carboxylic acids is 1. The third-order valence-electron chi connectivity index (χ3n) is 6.78. The predicted octanol–water partition coefficient (Wildman–Crippen LogP) is 6.02. The van der Waals surface area contributed by atoms with E-state index in [1.165, 1.54) is 4.68 Å². The van der Waals surface area contributed by atoms with Crippen LogP contribution in [0.15, 0.2) is 42.6 Å². The quantitative estimate of drug-likeness (QED) is 0.368. The molecule has 0 spiro atoms. The van der Waals surface area contributed by atoms with E-state index in [0.717, 1.165) is 19.3 Å². The predicted molar refractivity (Wildman–Crippen MR) is 140 cm³/mol. The van der Waals surface area contributed by atoms with Crippen molar-refractivity contribution in [3.63, 3.8) is 0 Å². The summed E-state index contributed by atoms with van der Waals surface area (Å²) >= 11 is 6.22. The van der Waals surface area contributed by atoms with E-state index in [1.54, 1.807) is 32.3 Å². The lowest BCUT2D eigenvalue weighted by atomic mass is 9.80. The molecule has 0 aliphatic heterocycles. The molecule has 1 unspecified atom stereocenters. The average Bonchev–Trinajstić information content (AvgIpc) is 3.23. The number of pyridine rings is 1. The molecule has 4 rings (SSSR count). The Labute approximate surface area is 220 Å². The minimum atomic E-state index is -0.755. The Kier molecular flexibility index (Phi) is 8.33. The van der Waals surface area contributed by atoms with Crippen molar-refractivity contribution >= 4 is 29.5 Å². The number of carbonyl (C=O) groups excluding carboxylic acids is 1. The lowest BCUT2D eigenvalue weighted by Gasteiger charge is -2.28. The van der Waals surface area contributed by atoms with Gasteiger partial charge in [0.2, 0.25) is 0 Å². The Balaban J connectivity index is 1.44. The molecule has 2 heterocycles. The van der Waals surface area contributed by atoms with E-state index in [2.05, 4.69) is 15.4 Å². The second-order valence-electron chi connectivity index (χ2n) is 9.30. The summed E-state index contributed by atoms with van der Waals surface area (Å²) in [5.41, 5.74) is 2.59. The molecular formula is C27H31ClN4O5. The first kappa shape index (κ1) is 26.5. The van der Waals surface area contributed by atoms with Crippen LogP contribution < -0.4 is 10.1 Å². The fourth-order valence-corrected chi connectivity index (χ4v) is 5.00. The van der Waals surface area contributed by atoms with E-state index in [9.17, 15) is 14.7 Å². The van der Waals surface area contributed by atoms with Crippen molar-refractivity contribution in [2.45, 2.75) is 45.6 Å². The highest BCUT2D eigenvalue weighted by Crippen LogP contribution is 2.33. The zero-order chi connectivity index (χ0) is 26.5. The van der Waals surface area contributed by atoms with Crippen molar-refractivity contribution < 1.29 is 24.2 Å². The molecule has 1 saturated carbocycles. The zero-order valence-electron chi connectivity index (χ0n) is 21.1. The molecule has 0 radical (unpaired) electrons. The second kappa shape index (κ2) is 11.6. The molecule has 196 valence electrons. The first-order valence-electron chi connectivity index (χ1n) is 12.3. The number of carbonyl (C=O) groups is 2. The van der Waals surface area contributed by atoms with Gasteiger partial charge >= 0.3 is 12.1 Å². The van der Waals surface area contributed by atoms with Crippen LogP contribution in [0, 0.1) is 18.8 Å². The number of amides is 1. The van der Waals surface area contributed by atoms with Crippen molar-refractivity contribution in [1.29, 1.82) is 0 Å². The van der Waals surface area contributed by atoms with Gasteiger partial charge in [-0.1, -0.05) is 42.6 Å². The number of hydrogen-bond donors (Lipinski definition) is 2. The molecule has 0 bridgehead atoms. The van der Waals surface area contributed by atoms with E-state index in [-0.39, 0.29) is 11.8 Å². The molecule has 1 aromatic carbocycles. The highest BCUT2D eigenvalue weighted by Gasteiger charge is 2.31. The topological polar surface area (TPSA) is 116 Å². The van der Waals surface area contributed by atoms with Gasteiger partial charge in [-0.05, 0) is 44.9 Å². The van der Waals surface area contributed by atoms with Gasteiger partial charge in [0.05, 0.1) is 35.7 Å². The fourth-order valence-electron chi connectivity index (χ4n) is 4.71. The van der Waals surface area contributed by atoms with Crippen LogP contribution in [0.3, 0.4) is 0 Å². The van der Waals surface area contributed by atoms with E-state index < -0.39 is 18.2 Å². The Morgan fingerprint density at radius 1 is 1.22 bits per heavy atom. The minimum absolute atomic E-state index is 0.0152. The highest BCUT2D eigenvalue weighted by atomic mass is 35.5. The van der Waals surface area contributed by atoms with Crippen molar-refractivity contribution in [2.24, 2.45) is 18.9 Å². The van der Waals surface area contributed by atoms with E-state index >= 15 is 0 Å². The van der Waals surface area contributed by atoms with E-state index in [1.807, 2.05) is 31.2 Å². The Morgan fingerprint density at radius 2 is 1.97 bits per heavy atom. The maximum absolute atomic E-state index is 12.7. The summed E-state index contributed by atoms with van der Waals surface area (Å²) in [4.78, 5) is 28.9. The summed E-state index contributed by atoms with van der Waals surface area (Å²) in [6.45, 7) is 3.92. The third-order valence-corrected chi connectivity index (χ3v) is 7.12. The van der Waals surface area contributed by atoms with Crippen molar-refractivity contribution in [3.8, 4) is 17.0 Å². The number of halogens is 1. The van der Waals surface area contributed by atoms with Gasteiger partial charge in [0.25, 0.3) is 0 Å². The summed E-state index contributed by atoms with van der Waals surface area (Å²) in [6.07, 6.45) is 3.92. The largest absolute Gasteiger partial charge is 0.491 e. The molecule has 0 saturated heterocycles. The number of carboxylic acid groups (broad SMARTS) is 1. The number of anilines is 1. The van der Waals surface area contributed by atoms with Gasteiger partial charge in [-0.25, -0.2) is 9.78 Å². The van der Waals surface area contributed by atoms with Gasteiger partial charge in [0.15, 0.2) is 0 Å². The molecule has 1 amide bonds. The molecule has 37 heavy (non-hydrogen) atoms. The summed E-state index contributed by atoms with van der Waals surface area (Å²) in [5, 5.41) is 17.1. The van der Waals surface area contributed by atoms with Crippen LogP contribution in [0.2, 0.25) is 5.02 Å². The molecular weight excluding hydrogens is 496 g/mol. The van der Waals surface area contributed by atoms with Crippen LogP contribution in [0.4, 0.5) is 10.6 Å². The fraction of sp³-hybridized carbons (Fsp3) is 0.407. The van der Waals surface area contributed by atoms with E-state index in [0.29, 0.717) is 52.1 Å². The van der Waals surface area contributed by atoms with Crippen molar-refractivity contribution in [3.05, 3.63) is 58.9 Å². The van der Waals surface area contributed by atoms with Gasteiger partial charge in [-0.2, -0.15) is 5.10 Å². The molecule has 9 nitrogen and oxygen atoms in total. The zero-order valence-corrected chi connectivity index (χ0v) is 21.9. The molecule has 10 heteroatoms. The average molecular weight is 527 g/mol. The molecule has 2 aromatic heterocycles. The third kappa shape index (κ3) is 6.22. The van der Waals surface area contributed by atoms with Gasteiger partial charge in [0.1, 0.15) is 17.7 Å². The minimum Gasteiger partial charge on any atom is -0.491 e. The maximum Gasteiger partial charge on any atom is 0.413 e. The first-order valence-corrected chi connectivity index (χ1v) is 12.7. The molecule has 2 N–H and O–H groups in total. The van der Waals surface area contributed by atoms with Crippen LogP contribution >= 0.6 is 11.6 Å². The summed E-state index contributed by atoms with van der Waals surface area (Å²) in [6, 6.07) is 10.8. The van der Waals surface area contributed by atoms with Crippen LogP contribution in [0.1, 0.15) is 50.0 Å². The second-order valence-corrected chi connectivity index (χ2v) is 9.71. The van der Waals surface area contributed by atoms with Crippen LogP contribution in [-0.4, -0.2) is 38.5 Å². The number of nitrogens with zero attached hydrogens (tertiary/aromatic N) is 3. The number of hydrogen-bond acceptors (Lipinski definition) is 6. The maximum atomic E-state index is 12.7. The van der Waals surface area contributed by atoms with Crippen LogP contribution in [0.25, 0.3) is 11.3 Å². The molecule has 3 atom stereocenters. The summed E-state index contributed by atoms with van der Waals surface area (Å²) in [5.74, 6) is -0.104. The first-order chi connectivity index (χ1) is 17.7. The monoisotopic (exact) mass is 526 g/mol. The normalized spacial score (nSPS) is 18.2. The SMILES string of the molecule is Cc1nc(-c2cnn(C)c2NC(=O)OC(C)c2ccccc2Cl)ccc1OC[C@H]1CCCC[C@@H]1C(=O)O. The summed E-state index contributed by atoms with van der Waals surface area (Å²) < 4.78 is 13.1. The number of nitrogens with one attached hydrogen (secondary N) is 1. The highest BCUT2D eigenvalue weighted by molar-refractivity contribution is 6.31. The number of aliphatic carboxylic acids is 1. The number of ether oxygens (including phenoxy) is 2. The molecule has 3 aromatic rings. The standard InChI is InChI=1S/C27H31ClN4O5/c1-16-24(36-15-18-8-4-5-10-20(18)26(33)34)13-12-23(30-16)21-14-29-32(3)25(21)31-27(35)37-17(2)19-9-6-7-11-22(19)28/h6-7,9,11-14,17-18,20H,4-5,8,10,15H2,1-3H3,(H,31,35)(H,33,34)/t17?,18-,20+/m1/s1. The van der Waals surface area contributed by atoms with Gasteiger partial charge in [0, 0.05) is 23.6 Å². The molecule has 1 fully saturated rings. The summed E-state index contributed by atoms with van der Waals surface area (Å²) in [7, 11) is 1.71. The molecule has 1 aliphatic carbocycles. The number of rotatable bonds is 8. The van der Waals surface area contributed by atoms with Gasteiger partial charge in [-0.15, -0.1) is 0 Å². The Morgan fingerprint density at radius 3 is 2.70 bits per heavy atom. The number of aryl methyl sites for hydroxylation is 2. The Hall–Kier alpha value is -3.59. The lowest BCUT2D eigenvalue weighted by Crippen LogP contribution is -2.31. The lowest BCUT2D eigenvalue weighted by molar-refractivity contribution is -0.145. The number of aromatic nitrogens is 3. The van der Waals surface area contributed by atoms with Crippen molar-refractivity contribution in [1.82, 2.24) is 14.8 Å². The van der Waals surface area contributed by atoms with Crippen molar-refractivity contribution in [2.75, 3.05) is 11.9 Å². The van der Waals surface area contributed by atoms with Gasteiger partial charge < -0.3 is 14.6 Å². The van der Waals surface area contributed by atoms with Crippen LogP contribution in [-0.2, 0) is 16.6 Å². The van der Waals surface area contributed by atoms with Crippen LogP contribution in [0.5, 0.6) is 5.75 Å². The Bertz CT molecular complexity index is 1280. The van der Waals surface area contributed by atoms with E-state index in [4.69, 9.17) is 21.1 Å². The smallest absolute Gasteiger partial charge is 0.413 e. The number of benzene rings is 1.